The molecule has 0 fully saturated rings. The first-order valence-corrected chi connectivity index (χ1v) is 4.08. The van der Waals surface area contributed by atoms with Gasteiger partial charge in [0, 0.05) is 0 Å². The van der Waals surface area contributed by atoms with Crippen molar-refractivity contribution in [2.75, 3.05) is 5.73 Å². The van der Waals surface area contributed by atoms with E-state index in [-0.39, 0.29) is 21.1 Å². The summed E-state index contributed by atoms with van der Waals surface area (Å²) in [5.41, 5.74) is 0.873. The molecule has 1 aromatic rings. The third kappa shape index (κ3) is 2.98. The van der Waals surface area contributed by atoms with Crippen molar-refractivity contribution in [2.45, 2.75) is 9.72 Å². The first-order valence-electron chi connectivity index (χ1n) is 2.44. The van der Waals surface area contributed by atoms with E-state index in [1.54, 1.807) is 0 Å². The zero-order valence-corrected chi connectivity index (χ0v) is 6.69. The second kappa shape index (κ2) is 2.90. The van der Waals surface area contributed by atoms with E-state index >= 15 is 0 Å². The highest BCUT2D eigenvalue weighted by Crippen LogP contribution is 2.39. The molecule has 1 aromatic heterocycles. The molecule has 0 amide bonds. The van der Waals surface area contributed by atoms with Crippen LogP contribution in [0.25, 0.3) is 0 Å². The number of nitrogen functional groups attached to an aromatic ring is 1. The van der Waals surface area contributed by atoms with Gasteiger partial charge in [-0.2, -0.15) is 13.2 Å². The van der Waals surface area contributed by atoms with E-state index in [0.29, 0.717) is 0 Å². The molecule has 1 rings (SSSR count). The number of anilines is 1. The minimum absolute atomic E-state index is 0.0648. The summed E-state index contributed by atoms with van der Waals surface area (Å²) < 4.78 is 35.0. The van der Waals surface area contributed by atoms with Gasteiger partial charge in [-0.15, -0.1) is 0 Å². The van der Waals surface area contributed by atoms with Crippen LogP contribution >= 0.6 is 23.1 Å². The highest BCUT2D eigenvalue weighted by atomic mass is 32.2. The van der Waals surface area contributed by atoms with Crippen molar-refractivity contribution in [3.05, 3.63) is 6.20 Å². The number of rotatable bonds is 1. The zero-order valence-electron chi connectivity index (χ0n) is 5.05. The van der Waals surface area contributed by atoms with Gasteiger partial charge in [-0.05, 0) is 11.8 Å². The zero-order chi connectivity index (χ0) is 8.48. The number of thioether (sulfide) groups is 1. The summed E-state index contributed by atoms with van der Waals surface area (Å²) in [5, 5.41) is 0.150. The van der Waals surface area contributed by atoms with Crippen LogP contribution in [-0.2, 0) is 0 Å². The van der Waals surface area contributed by atoms with Gasteiger partial charge in [-0.25, -0.2) is 4.98 Å². The van der Waals surface area contributed by atoms with Crippen molar-refractivity contribution < 1.29 is 13.2 Å². The molecule has 7 heteroatoms. The standard InChI is InChI=1S/C4H3F3N2S2/c5-4(6,7)11-2-1-9-3(8)10-2/h1H,(H2,8,9). The molecule has 0 spiro atoms. The largest absolute Gasteiger partial charge is 0.447 e. The third-order valence-electron chi connectivity index (χ3n) is 0.719. The molecule has 0 saturated heterocycles. The van der Waals surface area contributed by atoms with Crippen molar-refractivity contribution in [1.82, 2.24) is 4.98 Å². The lowest BCUT2D eigenvalue weighted by Crippen LogP contribution is -1.97. The quantitative estimate of drug-likeness (QED) is 0.707. The average Bonchev–Trinajstić information content (AvgIpc) is 2.10. The lowest BCUT2D eigenvalue weighted by molar-refractivity contribution is -0.0327. The van der Waals surface area contributed by atoms with Gasteiger partial charge in [0.1, 0.15) is 0 Å². The van der Waals surface area contributed by atoms with Crippen LogP contribution in [0.1, 0.15) is 0 Å². The van der Waals surface area contributed by atoms with Crippen molar-refractivity contribution in [3.63, 3.8) is 0 Å². The molecule has 0 aliphatic heterocycles. The predicted octanol–water partition coefficient (Wildman–Crippen LogP) is 2.34. The molecular weight excluding hydrogens is 197 g/mol. The van der Waals surface area contributed by atoms with E-state index in [1.165, 1.54) is 0 Å². The molecule has 0 saturated carbocycles. The van der Waals surface area contributed by atoms with Crippen molar-refractivity contribution in [2.24, 2.45) is 0 Å². The Morgan fingerprint density at radius 2 is 2.18 bits per heavy atom. The van der Waals surface area contributed by atoms with Crippen LogP contribution in [0.15, 0.2) is 10.4 Å². The maximum atomic E-state index is 11.7. The SMILES string of the molecule is Nc1ncc(SC(F)(F)F)s1. The van der Waals surface area contributed by atoms with Crippen LogP contribution in [0.4, 0.5) is 18.3 Å². The topological polar surface area (TPSA) is 38.9 Å². The monoisotopic (exact) mass is 200 g/mol. The maximum absolute atomic E-state index is 11.7. The molecule has 0 unspecified atom stereocenters. The van der Waals surface area contributed by atoms with Crippen LogP contribution in [-0.4, -0.2) is 10.5 Å². The summed E-state index contributed by atoms with van der Waals surface area (Å²) in [7, 11) is 0. The number of aromatic nitrogens is 1. The molecular formula is C4H3F3N2S2. The molecule has 11 heavy (non-hydrogen) atoms. The Bertz CT molecular complexity index is 244. The van der Waals surface area contributed by atoms with Gasteiger partial charge < -0.3 is 5.73 Å². The third-order valence-corrected chi connectivity index (χ3v) is 2.38. The minimum Gasteiger partial charge on any atom is -0.375 e. The lowest BCUT2D eigenvalue weighted by Gasteiger charge is -2.00. The number of halogens is 3. The van der Waals surface area contributed by atoms with Gasteiger partial charge in [0.15, 0.2) is 5.13 Å². The summed E-state index contributed by atoms with van der Waals surface area (Å²) in [6, 6.07) is 0. The number of nitrogens with two attached hydrogens (primary N) is 1. The van der Waals surface area contributed by atoms with E-state index in [1.807, 2.05) is 0 Å². The summed E-state index contributed by atoms with van der Waals surface area (Å²) in [4.78, 5) is 3.48. The fourth-order valence-electron chi connectivity index (χ4n) is 0.433. The number of hydrogen-bond donors (Lipinski definition) is 1. The minimum atomic E-state index is -4.25. The Kier molecular flexibility index (Phi) is 2.28. The molecule has 0 aliphatic rings. The molecule has 62 valence electrons. The van der Waals surface area contributed by atoms with Gasteiger partial charge >= 0.3 is 5.51 Å². The molecule has 2 nitrogen and oxygen atoms in total. The first-order chi connectivity index (χ1) is 4.97. The summed E-state index contributed by atoms with van der Waals surface area (Å²) in [5.74, 6) is 0. The molecule has 2 N–H and O–H groups in total. The van der Waals surface area contributed by atoms with Crippen molar-refractivity contribution >= 4 is 28.2 Å². The second-order valence-corrected chi connectivity index (χ2v) is 3.99. The van der Waals surface area contributed by atoms with Gasteiger partial charge in [0.25, 0.3) is 0 Å². The van der Waals surface area contributed by atoms with Crippen LogP contribution in [0.2, 0.25) is 0 Å². The van der Waals surface area contributed by atoms with Crippen molar-refractivity contribution in [1.29, 1.82) is 0 Å². The molecule has 1 heterocycles. The van der Waals surface area contributed by atoms with Crippen molar-refractivity contribution in [3.8, 4) is 0 Å². The predicted molar refractivity (Wildman–Crippen MR) is 38.4 cm³/mol. The number of nitrogens with zero attached hydrogens (tertiary/aromatic N) is 1. The Morgan fingerprint density at radius 1 is 1.55 bits per heavy atom. The average molecular weight is 200 g/mol. The maximum Gasteiger partial charge on any atom is 0.447 e. The summed E-state index contributed by atoms with van der Waals surface area (Å²) >= 11 is 0.622. The highest BCUT2D eigenvalue weighted by molar-refractivity contribution is 8.02. The summed E-state index contributed by atoms with van der Waals surface area (Å²) in [6.07, 6.45) is 1.11. The Balaban J connectivity index is 2.65. The van der Waals surface area contributed by atoms with Crippen LogP contribution in [0, 0.1) is 0 Å². The Labute approximate surface area is 68.6 Å². The van der Waals surface area contributed by atoms with E-state index in [0.717, 1.165) is 17.5 Å². The molecule has 0 aromatic carbocycles. The molecule has 0 aliphatic carbocycles. The fraction of sp³-hybridized carbons (Fsp3) is 0.250. The van der Waals surface area contributed by atoms with Gasteiger partial charge in [-0.1, -0.05) is 11.3 Å². The number of thiazole rings is 1. The molecule has 0 atom stereocenters. The fourth-order valence-corrected chi connectivity index (χ4v) is 1.89. The Morgan fingerprint density at radius 3 is 2.55 bits per heavy atom. The van der Waals surface area contributed by atoms with Crippen LogP contribution in [0.3, 0.4) is 0 Å². The van der Waals surface area contributed by atoms with Gasteiger partial charge in [0.2, 0.25) is 0 Å². The number of hydrogen-bond acceptors (Lipinski definition) is 4. The van der Waals surface area contributed by atoms with E-state index in [2.05, 4.69) is 4.98 Å². The molecule has 0 bridgehead atoms. The van der Waals surface area contributed by atoms with E-state index in [9.17, 15) is 13.2 Å². The van der Waals surface area contributed by atoms with Crippen LogP contribution in [0.5, 0.6) is 0 Å². The lowest BCUT2D eigenvalue weighted by atomic mass is 11.0. The number of alkyl halides is 3. The van der Waals surface area contributed by atoms with Crippen LogP contribution < -0.4 is 5.73 Å². The van der Waals surface area contributed by atoms with Gasteiger partial charge in [-0.3, -0.25) is 0 Å². The Hall–Kier alpha value is -0.430. The smallest absolute Gasteiger partial charge is 0.375 e. The molecule has 0 radical (unpaired) electrons. The first kappa shape index (κ1) is 8.66. The van der Waals surface area contributed by atoms with Gasteiger partial charge in [0.05, 0.1) is 10.4 Å². The highest BCUT2D eigenvalue weighted by Gasteiger charge is 2.30. The van der Waals surface area contributed by atoms with E-state index < -0.39 is 5.51 Å². The normalized spacial score (nSPS) is 11.9. The second-order valence-electron chi connectivity index (χ2n) is 1.57. The van der Waals surface area contributed by atoms with E-state index in [4.69, 9.17) is 5.73 Å². The summed E-state index contributed by atoms with van der Waals surface area (Å²) in [6.45, 7) is 0.